The van der Waals surface area contributed by atoms with Crippen LogP contribution < -0.4 is 15.8 Å². The fourth-order valence-electron chi connectivity index (χ4n) is 2.11. The van der Waals surface area contributed by atoms with Gasteiger partial charge in [-0.15, -0.1) is 0 Å². The van der Waals surface area contributed by atoms with Crippen LogP contribution in [-0.4, -0.2) is 30.5 Å². The standard InChI is InChI=1S/C19H17F3N2O5/c1-11(17(26)24-14-6-4-13(5-7-14)19(20,21)22)29-18(27)12-2-8-15(9-3-12)28-10-16(23)25/h2-9,11H,10H2,1H3,(H2,23,25)(H,24,26)/t11-/m0/s1. The molecule has 0 heterocycles. The highest BCUT2D eigenvalue weighted by molar-refractivity contribution is 5.97. The SMILES string of the molecule is C[C@H](OC(=O)c1ccc(OCC(N)=O)cc1)C(=O)Nc1ccc(C(F)(F)F)cc1. The second-order valence-electron chi connectivity index (χ2n) is 5.89. The first-order chi connectivity index (χ1) is 13.6. The van der Waals surface area contributed by atoms with Crippen LogP contribution >= 0.6 is 0 Å². The van der Waals surface area contributed by atoms with Crippen molar-refractivity contribution < 1.29 is 37.0 Å². The minimum atomic E-state index is -4.48. The van der Waals surface area contributed by atoms with Crippen molar-refractivity contribution in [2.24, 2.45) is 5.73 Å². The van der Waals surface area contributed by atoms with Crippen LogP contribution in [0.1, 0.15) is 22.8 Å². The molecule has 0 saturated carbocycles. The van der Waals surface area contributed by atoms with Gasteiger partial charge in [0.05, 0.1) is 11.1 Å². The van der Waals surface area contributed by atoms with Gasteiger partial charge in [0.25, 0.3) is 11.8 Å². The lowest BCUT2D eigenvalue weighted by molar-refractivity contribution is -0.137. The lowest BCUT2D eigenvalue weighted by atomic mass is 10.2. The average molecular weight is 410 g/mol. The molecule has 7 nitrogen and oxygen atoms in total. The van der Waals surface area contributed by atoms with Crippen molar-refractivity contribution in [2.45, 2.75) is 19.2 Å². The van der Waals surface area contributed by atoms with Gasteiger partial charge < -0.3 is 20.5 Å². The molecule has 3 N–H and O–H groups in total. The molecular formula is C19H17F3N2O5. The molecule has 0 aliphatic carbocycles. The number of halogens is 3. The maximum absolute atomic E-state index is 12.5. The van der Waals surface area contributed by atoms with E-state index in [1.54, 1.807) is 0 Å². The van der Waals surface area contributed by atoms with E-state index < -0.39 is 35.6 Å². The number of rotatable bonds is 7. The quantitative estimate of drug-likeness (QED) is 0.683. The number of benzene rings is 2. The molecule has 2 amide bonds. The molecule has 2 rings (SSSR count). The maximum atomic E-state index is 12.5. The molecule has 154 valence electrons. The zero-order valence-electron chi connectivity index (χ0n) is 15.2. The lowest BCUT2D eigenvalue weighted by Crippen LogP contribution is -2.30. The molecule has 2 aromatic rings. The van der Waals surface area contributed by atoms with Crippen molar-refractivity contribution in [1.82, 2.24) is 0 Å². The van der Waals surface area contributed by atoms with Gasteiger partial charge in [-0.3, -0.25) is 9.59 Å². The Hall–Kier alpha value is -3.56. The summed E-state index contributed by atoms with van der Waals surface area (Å²) in [7, 11) is 0. The van der Waals surface area contributed by atoms with Crippen LogP contribution in [0.15, 0.2) is 48.5 Å². The summed E-state index contributed by atoms with van der Waals surface area (Å²) < 4.78 is 47.7. The smallest absolute Gasteiger partial charge is 0.416 e. The topological polar surface area (TPSA) is 108 Å². The molecule has 0 radical (unpaired) electrons. The number of hydrogen-bond acceptors (Lipinski definition) is 5. The summed E-state index contributed by atoms with van der Waals surface area (Å²) in [5, 5.41) is 2.37. The molecule has 0 spiro atoms. The Balaban J connectivity index is 1.91. The van der Waals surface area contributed by atoms with Crippen molar-refractivity contribution in [1.29, 1.82) is 0 Å². The van der Waals surface area contributed by atoms with Gasteiger partial charge in [-0.1, -0.05) is 0 Å². The van der Waals surface area contributed by atoms with Gasteiger partial charge in [0, 0.05) is 5.69 Å². The Morgan fingerprint density at radius 1 is 1.03 bits per heavy atom. The van der Waals surface area contributed by atoms with Crippen molar-refractivity contribution in [3.8, 4) is 5.75 Å². The molecule has 0 saturated heterocycles. The molecule has 1 atom stereocenters. The Bertz CT molecular complexity index is 880. The van der Waals surface area contributed by atoms with Gasteiger partial charge in [-0.05, 0) is 55.5 Å². The number of alkyl halides is 3. The van der Waals surface area contributed by atoms with Gasteiger partial charge in [0.2, 0.25) is 0 Å². The summed E-state index contributed by atoms with van der Waals surface area (Å²) in [5.74, 6) is -1.84. The number of carbonyl (C=O) groups excluding carboxylic acids is 3. The van der Waals surface area contributed by atoms with E-state index in [1.165, 1.54) is 31.2 Å². The van der Waals surface area contributed by atoms with E-state index in [1.807, 2.05) is 0 Å². The number of nitrogens with two attached hydrogens (primary N) is 1. The molecule has 10 heteroatoms. The van der Waals surface area contributed by atoms with Crippen LogP contribution in [0.5, 0.6) is 5.75 Å². The largest absolute Gasteiger partial charge is 0.484 e. The highest BCUT2D eigenvalue weighted by Gasteiger charge is 2.30. The Labute approximate surface area is 163 Å². The Morgan fingerprint density at radius 2 is 1.62 bits per heavy atom. The van der Waals surface area contributed by atoms with Crippen LogP contribution in [0.2, 0.25) is 0 Å². The summed E-state index contributed by atoms with van der Waals surface area (Å²) in [6.07, 6.45) is -5.68. The Kier molecular flexibility index (Phi) is 6.81. The third kappa shape index (κ3) is 6.52. The maximum Gasteiger partial charge on any atom is 0.416 e. The summed E-state index contributed by atoms with van der Waals surface area (Å²) >= 11 is 0. The number of ether oxygens (including phenoxy) is 2. The van der Waals surface area contributed by atoms with Crippen LogP contribution in [0.25, 0.3) is 0 Å². The number of hydrogen-bond donors (Lipinski definition) is 2. The molecule has 2 aromatic carbocycles. The number of anilines is 1. The van der Waals surface area contributed by atoms with Crippen LogP contribution in [0.4, 0.5) is 18.9 Å². The summed E-state index contributed by atoms with van der Waals surface area (Å²) in [6.45, 7) is 1.01. The second-order valence-corrected chi connectivity index (χ2v) is 5.89. The Morgan fingerprint density at radius 3 is 2.14 bits per heavy atom. The van der Waals surface area contributed by atoms with Crippen molar-refractivity contribution in [3.63, 3.8) is 0 Å². The van der Waals surface area contributed by atoms with Crippen molar-refractivity contribution >= 4 is 23.5 Å². The summed E-state index contributed by atoms with van der Waals surface area (Å²) in [4.78, 5) is 34.9. The first kappa shape index (κ1) is 21.7. The second kappa shape index (κ2) is 9.09. The molecule has 29 heavy (non-hydrogen) atoms. The third-order valence-corrected chi connectivity index (χ3v) is 3.60. The predicted octanol–water partition coefficient (Wildman–Crippen LogP) is 2.75. The zero-order chi connectivity index (χ0) is 21.6. The molecule has 0 bridgehead atoms. The number of nitrogens with one attached hydrogen (secondary N) is 1. The van der Waals surface area contributed by atoms with Gasteiger partial charge in [0.15, 0.2) is 12.7 Å². The van der Waals surface area contributed by atoms with Crippen LogP contribution in [0, 0.1) is 0 Å². The monoisotopic (exact) mass is 410 g/mol. The summed E-state index contributed by atoms with van der Waals surface area (Å²) in [5.41, 5.74) is 4.37. The van der Waals surface area contributed by atoms with Crippen LogP contribution in [-0.2, 0) is 20.5 Å². The van der Waals surface area contributed by atoms with E-state index in [-0.39, 0.29) is 17.9 Å². The van der Waals surface area contributed by atoms with E-state index in [0.717, 1.165) is 24.3 Å². The van der Waals surface area contributed by atoms with Gasteiger partial charge >= 0.3 is 12.1 Å². The number of esters is 1. The van der Waals surface area contributed by atoms with E-state index >= 15 is 0 Å². The van der Waals surface area contributed by atoms with Crippen LogP contribution in [0.3, 0.4) is 0 Å². The van der Waals surface area contributed by atoms with E-state index in [9.17, 15) is 27.6 Å². The molecule has 0 aromatic heterocycles. The number of primary amides is 1. The van der Waals surface area contributed by atoms with E-state index in [2.05, 4.69) is 5.32 Å². The van der Waals surface area contributed by atoms with Gasteiger partial charge in [0.1, 0.15) is 5.75 Å². The molecular weight excluding hydrogens is 393 g/mol. The van der Waals surface area contributed by atoms with Crippen molar-refractivity contribution in [2.75, 3.05) is 11.9 Å². The van der Waals surface area contributed by atoms with E-state index in [0.29, 0.717) is 5.75 Å². The molecule has 0 aliphatic rings. The van der Waals surface area contributed by atoms with Gasteiger partial charge in [-0.25, -0.2) is 4.79 Å². The fourth-order valence-corrected chi connectivity index (χ4v) is 2.11. The highest BCUT2D eigenvalue weighted by atomic mass is 19.4. The molecule has 0 fully saturated rings. The number of amides is 2. The third-order valence-electron chi connectivity index (χ3n) is 3.60. The van der Waals surface area contributed by atoms with Gasteiger partial charge in [-0.2, -0.15) is 13.2 Å². The molecule has 0 aliphatic heterocycles. The van der Waals surface area contributed by atoms with Crippen molar-refractivity contribution in [3.05, 3.63) is 59.7 Å². The fraction of sp³-hybridized carbons (Fsp3) is 0.211. The lowest BCUT2D eigenvalue weighted by Gasteiger charge is -2.14. The zero-order valence-corrected chi connectivity index (χ0v) is 15.2. The highest BCUT2D eigenvalue weighted by Crippen LogP contribution is 2.29. The normalized spacial score (nSPS) is 12.0. The summed E-state index contributed by atoms with van der Waals surface area (Å²) in [6, 6.07) is 9.44. The van der Waals surface area contributed by atoms with E-state index in [4.69, 9.17) is 15.2 Å². The first-order valence-electron chi connectivity index (χ1n) is 8.26. The average Bonchev–Trinajstić information content (AvgIpc) is 2.66. The minimum Gasteiger partial charge on any atom is -0.484 e. The first-order valence-corrected chi connectivity index (χ1v) is 8.26. The molecule has 0 unspecified atom stereocenters. The minimum absolute atomic E-state index is 0.127. The predicted molar refractivity (Wildman–Crippen MR) is 96.1 cm³/mol. The number of carbonyl (C=O) groups is 3.